The van der Waals surface area contributed by atoms with Crippen molar-refractivity contribution in [2.24, 2.45) is 11.7 Å². The summed E-state index contributed by atoms with van der Waals surface area (Å²) < 4.78 is 0. The van der Waals surface area contributed by atoms with E-state index < -0.39 is 0 Å². The zero-order chi connectivity index (χ0) is 12.3. The number of aryl methyl sites for hydroxylation is 1. The highest BCUT2D eigenvalue weighted by Crippen LogP contribution is 2.34. The molecule has 2 rings (SSSR count). The van der Waals surface area contributed by atoms with Crippen molar-refractivity contribution in [3.05, 3.63) is 16.1 Å². The van der Waals surface area contributed by atoms with Crippen LogP contribution < -0.4 is 5.73 Å². The number of hydrogen-bond donors (Lipinski definition) is 1. The van der Waals surface area contributed by atoms with Crippen LogP contribution in [-0.2, 0) is 13.0 Å². The van der Waals surface area contributed by atoms with Crippen molar-refractivity contribution in [1.82, 2.24) is 9.88 Å². The maximum absolute atomic E-state index is 5.86. The first-order valence-electron chi connectivity index (χ1n) is 6.58. The fraction of sp³-hybridized carbons (Fsp3) is 0.769. The molecule has 1 saturated carbocycles. The third-order valence-corrected chi connectivity index (χ3v) is 4.41. The van der Waals surface area contributed by atoms with Gasteiger partial charge in [0.05, 0.1) is 10.7 Å². The average Bonchev–Trinajstić information content (AvgIpc) is 3.03. The molecule has 1 aliphatic rings. The van der Waals surface area contributed by atoms with Gasteiger partial charge in [-0.3, -0.25) is 4.90 Å². The van der Waals surface area contributed by atoms with Gasteiger partial charge in [0.25, 0.3) is 0 Å². The molecule has 0 amide bonds. The summed E-state index contributed by atoms with van der Waals surface area (Å²) in [4.78, 5) is 7.05. The molecule has 1 unspecified atom stereocenters. The van der Waals surface area contributed by atoms with E-state index in [0.29, 0.717) is 6.04 Å². The number of nitrogens with zero attached hydrogens (tertiary/aromatic N) is 2. The van der Waals surface area contributed by atoms with Crippen LogP contribution in [0.3, 0.4) is 0 Å². The van der Waals surface area contributed by atoms with Gasteiger partial charge < -0.3 is 5.73 Å². The van der Waals surface area contributed by atoms with Crippen LogP contribution in [0.5, 0.6) is 0 Å². The number of aromatic nitrogens is 1. The molecule has 0 spiro atoms. The monoisotopic (exact) mass is 325 g/mol. The van der Waals surface area contributed by atoms with Gasteiger partial charge in [0.15, 0.2) is 0 Å². The molecule has 1 atom stereocenters. The van der Waals surface area contributed by atoms with Crippen LogP contribution >= 0.6 is 36.2 Å². The van der Waals surface area contributed by atoms with Crippen LogP contribution in [0.15, 0.2) is 5.38 Å². The first-order valence-corrected chi connectivity index (χ1v) is 7.46. The van der Waals surface area contributed by atoms with Crippen molar-refractivity contribution in [3.63, 3.8) is 0 Å². The molecule has 1 aromatic rings. The topological polar surface area (TPSA) is 42.2 Å². The lowest BCUT2D eigenvalue weighted by atomic mass is 10.1. The standard InChI is InChI=1S/C13H23N3S.2ClH/c1-3-4-13-15-11(9-17-13)8-16(2)12(7-14)10-5-6-10;;/h9-10,12H,3-8,14H2,1-2H3;2*1H. The van der Waals surface area contributed by atoms with Crippen molar-refractivity contribution in [3.8, 4) is 0 Å². The van der Waals surface area contributed by atoms with E-state index in [-0.39, 0.29) is 24.8 Å². The number of thiazole rings is 1. The molecule has 0 radical (unpaired) electrons. The molecule has 1 heterocycles. The van der Waals surface area contributed by atoms with Gasteiger partial charge in [0, 0.05) is 24.5 Å². The van der Waals surface area contributed by atoms with Crippen molar-refractivity contribution in [2.45, 2.75) is 45.2 Å². The molecule has 0 aliphatic heterocycles. The molecule has 19 heavy (non-hydrogen) atoms. The summed E-state index contributed by atoms with van der Waals surface area (Å²) in [6.45, 7) is 3.91. The van der Waals surface area contributed by atoms with E-state index in [1.54, 1.807) is 11.3 Å². The molecule has 3 nitrogen and oxygen atoms in total. The first kappa shape index (κ1) is 19.1. The molecular formula is C13H25Cl2N3S. The highest BCUT2D eigenvalue weighted by Gasteiger charge is 2.32. The van der Waals surface area contributed by atoms with Crippen molar-refractivity contribution < 1.29 is 0 Å². The van der Waals surface area contributed by atoms with E-state index in [1.165, 1.54) is 30.0 Å². The van der Waals surface area contributed by atoms with Gasteiger partial charge >= 0.3 is 0 Å². The highest BCUT2D eigenvalue weighted by atomic mass is 35.5. The van der Waals surface area contributed by atoms with Crippen molar-refractivity contribution in [1.29, 1.82) is 0 Å². The Balaban J connectivity index is 0.00000162. The Kier molecular flexibility index (Phi) is 9.20. The van der Waals surface area contributed by atoms with Gasteiger partial charge in [-0.1, -0.05) is 6.92 Å². The van der Waals surface area contributed by atoms with E-state index in [4.69, 9.17) is 5.73 Å². The summed E-state index contributed by atoms with van der Waals surface area (Å²) in [5.41, 5.74) is 7.07. The van der Waals surface area contributed by atoms with Gasteiger partial charge in [0.1, 0.15) is 0 Å². The maximum Gasteiger partial charge on any atom is 0.0928 e. The summed E-state index contributed by atoms with van der Waals surface area (Å²) in [5, 5.41) is 3.47. The van der Waals surface area contributed by atoms with Crippen LogP contribution in [0.4, 0.5) is 0 Å². The molecule has 0 aromatic carbocycles. The number of hydrogen-bond acceptors (Lipinski definition) is 4. The van der Waals surface area contributed by atoms with E-state index >= 15 is 0 Å². The maximum atomic E-state index is 5.86. The lowest BCUT2D eigenvalue weighted by Crippen LogP contribution is -2.39. The molecule has 1 aromatic heterocycles. The van der Waals surface area contributed by atoms with Crippen LogP contribution in [0, 0.1) is 5.92 Å². The quantitative estimate of drug-likeness (QED) is 0.837. The second kappa shape index (κ2) is 9.14. The Hall–Kier alpha value is 0.130. The van der Waals surface area contributed by atoms with Gasteiger partial charge in [-0.05, 0) is 38.6 Å². The number of likely N-dealkylation sites (N-methyl/N-ethyl adjacent to an activating group) is 1. The average molecular weight is 326 g/mol. The molecule has 1 fully saturated rings. The lowest BCUT2D eigenvalue weighted by Gasteiger charge is -2.26. The summed E-state index contributed by atoms with van der Waals surface area (Å²) >= 11 is 1.79. The molecule has 1 aliphatic carbocycles. The Morgan fingerprint density at radius 1 is 1.47 bits per heavy atom. The number of nitrogens with two attached hydrogens (primary N) is 1. The highest BCUT2D eigenvalue weighted by molar-refractivity contribution is 7.09. The van der Waals surface area contributed by atoms with Gasteiger partial charge in [-0.25, -0.2) is 4.98 Å². The summed E-state index contributed by atoms with van der Waals surface area (Å²) in [7, 11) is 2.18. The van der Waals surface area contributed by atoms with Gasteiger partial charge in [-0.15, -0.1) is 36.2 Å². The number of rotatable bonds is 7. The van der Waals surface area contributed by atoms with E-state index in [0.717, 1.165) is 25.4 Å². The van der Waals surface area contributed by atoms with E-state index in [9.17, 15) is 0 Å². The zero-order valence-corrected chi connectivity index (χ0v) is 14.1. The Bertz CT molecular complexity index is 355. The number of halogens is 2. The summed E-state index contributed by atoms with van der Waals surface area (Å²) in [5.74, 6) is 0.832. The minimum atomic E-state index is 0. The Labute approximate surface area is 132 Å². The lowest BCUT2D eigenvalue weighted by molar-refractivity contribution is 0.213. The van der Waals surface area contributed by atoms with Crippen LogP contribution in [-0.4, -0.2) is 29.5 Å². The molecular weight excluding hydrogens is 301 g/mol. The molecule has 2 N–H and O–H groups in total. The second-order valence-electron chi connectivity index (χ2n) is 5.04. The molecule has 0 saturated heterocycles. The fourth-order valence-corrected chi connectivity index (χ4v) is 3.23. The Morgan fingerprint density at radius 2 is 2.16 bits per heavy atom. The van der Waals surface area contributed by atoms with E-state index in [2.05, 4.69) is 29.2 Å². The van der Waals surface area contributed by atoms with Crippen LogP contribution in [0.2, 0.25) is 0 Å². The van der Waals surface area contributed by atoms with Crippen molar-refractivity contribution in [2.75, 3.05) is 13.6 Å². The smallest absolute Gasteiger partial charge is 0.0928 e. The summed E-state index contributed by atoms with van der Waals surface area (Å²) in [6, 6.07) is 0.548. The van der Waals surface area contributed by atoms with E-state index in [1.807, 2.05) is 0 Å². The summed E-state index contributed by atoms with van der Waals surface area (Å²) in [6.07, 6.45) is 4.99. The second-order valence-corrected chi connectivity index (χ2v) is 5.98. The Morgan fingerprint density at radius 3 is 2.68 bits per heavy atom. The minimum Gasteiger partial charge on any atom is -0.329 e. The van der Waals surface area contributed by atoms with Gasteiger partial charge in [-0.2, -0.15) is 0 Å². The first-order chi connectivity index (χ1) is 8.24. The predicted molar refractivity (Wildman–Crippen MR) is 87.6 cm³/mol. The minimum absolute atomic E-state index is 0. The van der Waals surface area contributed by atoms with Crippen LogP contribution in [0.25, 0.3) is 0 Å². The predicted octanol–water partition coefficient (Wildman–Crippen LogP) is 3.11. The zero-order valence-electron chi connectivity index (χ0n) is 11.7. The largest absolute Gasteiger partial charge is 0.329 e. The third-order valence-electron chi connectivity index (χ3n) is 3.45. The fourth-order valence-electron chi connectivity index (χ4n) is 2.34. The molecule has 6 heteroatoms. The van der Waals surface area contributed by atoms with Crippen LogP contribution in [0.1, 0.15) is 36.9 Å². The molecule has 0 bridgehead atoms. The van der Waals surface area contributed by atoms with Gasteiger partial charge in [0.2, 0.25) is 0 Å². The normalized spacial score (nSPS) is 15.8. The SMILES string of the molecule is CCCc1nc(CN(C)C(CN)C2CC2)cs1.Cl.Cl. The third kappa shape index (κ3) is 5.56. The van der Waals surface area contributed by atoms with Crippen molar-refractivity contribution >= 4 is 36.2 Å². The molecule has 112 valence electrons.